The summed E-state index contributed by atoms with van der Waals surface area (Å²) in [6.07, 6.45) is 1.23. The molecule has 1 aromatic heterocycles. The second-order valence-electron chi connectivity index (χ2n) is 3.67. The van der Waals surface area contributed by atoms with Crippen LogP contribution in [0.3, 0.4) is 0 Å². The Bertz CT molecular complexity index is 453. The summed E-state index contributed by atoms with van der Waals surface area (Å²) < 4.78 is 25.7. The summed E-state index contributed by atoms with van der Waals surface area (Å²) in [5.41, 5.74) is -0.394. The minimum Gasteiger partial charge on any atom is -0.462 e. The lowest BCUT2D eigenvalue weighted by molar-refractivity contribution is -0.0137. The molecule has 3 atom stereocenters. The number of nitrogens with zero attached hydrogens (tertiary/aromatic N) is 2. The average Bonchev–Trinajstić information content (AvgIpc) is 2.60. The Labute approximate surface area is 102 Å². The van der Waals surface area contributed by atoms with Gasteiger partial charge in [-0.25, -0.2) is 4.39 Å². The number of rotatable bonds is 0. The Kier molecular flexibility index (Phi) is 3.63. The van der Waals surface area contributed by atoms with Crippen LogP contribution in [0.15, 0.2) is 17.1 Å². The molecule has 94 valence electrons. The van der Waals surface area contributed by atoms with Crippen LogP contribution in [0.4, 0.5) is 4.39 Å². The van der Waals surface area contributed by atoms with Gasteiger partial charge < -0.3 is 9.47 Å². The quantitative estimate of drug-likeness (QED) is 0.658. The van der Waals surface area contributed by atoms with Gasteiger partial charge in [-0.2, -0.15) is 4.98 Å². The Morgan fingerprint density at radius 2 is 2.35 bits per heavy atom. The fourth-order valence-electron chi connectivity index (χ4n) is 1.92. The van der Waals surface area contributed by atoms with Crippen molar-refractivity contribution in [2.45, 2.75) is 24.9 Å². The molecule has 1 fully saturated rings. The van der Waals surface area contributed by atoms with E-state index in [1.165, 1.54) is 23.2 Å². The van der Waals surface area contributed by atoms with Crippen molar-refractivity contribution < 1.29 is 13.9 Å². The second kappa shape index (κ2) is 5.01. The monoisotopic (exact) mass is 262 g/mol. The Morgan fingerprint density at radius 3 is 3.12 bits per heavy atom. The molecule has 1 saturated heterocycles. The van der Waals surface area contributed by atoms with Crippen LogP contribution in [0.25, 0.3) is 0 Å². The number of hydrogen-bond acceptors (Lipinski definition) is 4. The zero-order valence-electron chi connectivity index (χ0n) is 9.18. The van der Waals surface area contributed by atoms with Crippen molar-refractivity contribution in [3.8, 4) is 6.01 Å². The van der Waals surface area contributed by atoms with Crippen LogP contribution in [-0.2, 0) is 4.74 Å². The van der Waals surface area contributed by atoms with Gasteiger partial charge in [0.1, 0.15) is 12.8 Å². The first-order valence-corrected chi connectivity index (χ1v) is 5.89. The Hall–Kier alpha value is -1.14. The highest BCUT2D eigenvalue weighted by Gasteiger charge is 2.40. The Morgan fingerprint density at radius 1 is 1.59 bits per heavy atom. The molecule has 0 amide bonds. The third-order valence-electron chi connectivity index (χ3n) is 2.61. The van der Waals surface area contributed by atoms with E-state index in [-0.39, 0.29) is 18.7 Å². The minimum atomic E-state index is -1.07. The fraction of sp³-hybridized carbons (Fsp3) is 0.600. The van der Waals surface area contributed by atoms with E-state index in [0.717, 1.165) is 0 Å². The van der Waals surface area contributed by atoms with Gasteiger partial charge in [-0.1, -0.05) is 0 Å². The molecule has 0 spiro atoms. The molecule has 5 nitrogen and oxygen atoms in total. The lowest BCUT2D eigenvalue weighted by Crippen LogP contribution is -2.23. The molecule has 0 aromatic carbocycles. The van der Waals surface area contributed by atoms with E-state index in [0.29, 0.717) is 6.42 Å². The smallest absolute Gasteiger partial charge is 0.302 e. The first kappa shape index (κ1) is 12.3. The van der Waals surface area contributed by atoms with Gasteiger partial charge in [0.2, 0.25) is 0 Å². The van der Waals surface area contributed by atoms with Crippen LogP contribution in [0.1, 0.15) is 12.6 Å². The van der Waals surface area contributed by atoms with Crippen LogP contribution in [0.2, 0.25) is 0 Å². The number of fused-ring (bicyclic) bond motifs is 4. The zero-order valence-corrected chi connectivity index (χ0v) is 9.93. The van der Waals surface area contributed by atoms with Crippen molar-refractivity contribution in [3.63, 3.8) is 0 Å². The van der Waals surface area contributed by atoms with Crippen LogP contribution >= 0.6 is 11.6 Å². The van der Waals surface area contributed by atoms with Crippen molar-refractivity contribution >= 4 is 11.6 Å². The van der Waals surface area contributed by atoms with E-state index in [1.807, 2.05) is 0 Å². The molecule has 7 heteroatoms. The summed E-state index contributed by atoms with van der Waals surface area (Å²) in [5.74, 6) is 0. The molecule has 2 bridgehead atoms. The molecule has 0 N–H and O–H groups in total. The third kappa shape index (κ3) is 2.28. The largest absolute Gasteiger partial charge is 0.462 e. The normalized spacial score (nSPS) is 29.5. The van der Waals surface area contributed by atoms with Gasteiger partial charge in [-0.3, -0.25) is 9.36 Å². The molecule has 2 aliphatic rings. The highest BCUT2D eigenvalue weighted by atomic mass is 35.5. The molecule has 3 rings (SSSR count). The predicted octanol–water partition coefficient (Wildman–Crippen LogP) is 1.12. The molecule has 3 heterocycles. The first-order chi connectivity index (χ1) is 8.24. The van der Waals surface area contributed by atoms with Gasteiger partial charge in [0.15, 0.2) is 6.23 Å². The van der Waals surface area contributed by atoms with Crippen molar-refractivity contribution in [2.75, 3.05) is 13.0 Å². The van der Waals surface area contributed by atoms with Gasteiger partial charge >= 0.3 is 6.01 Å². The van der Waals surface area contributed by atoms with E-state index >= 15 is 0 Å². The SMILES string of the molecule is CCl.O=c1ccn2c(n1)OCC1CC(F)C2O1. The van der Waals surface area contributed by atoms with E-state index in [2.05, 4.69) is 16.6 Å². The summed E-state index contributed by atoms with van der Waals surface area (Å²) >= 11 is 4.64. The van der Waals surface area contributed by atoms with Gasteiger partial charge in [-0.15, -0.1) is 11.6 Å². The minimum absolute atomic E-state index is 0.136. The van der Waals surface area contributed by atoms with Gasteiger partial charge in [0, 0.05) is 25.1 Å². The molecular formula is C10H12ClFN2O3. The zero-order chi connectivity index (χ0) is 12.4. The van der Waals surface area contributed by atoms with Crippen molar-refractivity contribution in [1.82, 2.24) is 9.55 Å². The molecule has 17 heavy (non-hydrogen) atoms. The molecule has 1 aromatic rings. The summed E-state index contributed by atoms with van der Waals surface area (Å²) in [6, 6.07) is 1.40. The van der Waals surface area contributed by atoms with Crippen molar-refractivity contribution in [2.24, 2.45) is 0 Å². The van der Waals surface area contributed by atoms with E-state index < -0.39 is 18.0 Å². The molecule has 2 aliphatic heterocycles. The van der Waals surface area contributed by atoms with Gasteiger partial charge in [0.05, 0.1) is 6.10 Å². The van der Waals surface area contributed by atoms with E-state index in [9.17, 15) is 9.18 Å². The van der Waals surface area contributed by atoms with Gasteiger partial charge in [0.25, 0.3) is 5.56 Å². The van der Waals surface area contributed by atoms with Gasteiger partial charge in [-0.05, 0) is 0 Å². The number of alkyl halides is 2. The average molecular weight is 263 g/mol. The number of hydrogen-bond donors (Lipinski definition) is 0. The highest BCUT2D eigenvalue weighted by Crippen LogP contribution is 2.35. The maximum absolute atomic E-state index is 13.5. The van der Waals surface area contributed by atoms with Crippen LogP contribution in [0.5, 0.6) is 6.01 Å². The predicted molar refractivity (Wildman–Crippen MR) is 59.2 cm³/mol. The first-order valence-electron chi connectivity index (χ1n) is 5.13. The number of halogens is 2. The third-order valence-corrected chi connectivity index (χ3v) is 2.61. The highest BCUT2D eigenvalue weighted by molar-refractivity contribution is 6.15. The van der Waals surface area contributed by atoms with Crippen molar-refractivity contribution in [1.29, 1.82) is 0 Å². The van der Waals surface area contributed by atoms with Crippen molar-refractivity contribution in [3.05, 3.63) is 22.6 Å². The summed E-state index contributed by atoms with van der Waals surface area (Å²) in [5, 5.41) is 0. The molecule has 0 saturated carbocycles. The topological polar surface area (TPSA) is 53.4 Å². The summed E-state index contributed by atoms with van der Waals surface area (Å²) in [7, 11) is 0. The van der Waals surface area contributed by atoms with E-state index in [1.54, 1.807) is 0 Å². The van der Waals surface area contributed by atoms with Crippen LogP contribution in [0, 0.1) is 0 Å². The number of aromatic nitrogens is 2. The second-order valence-corrected chi connectivity index (χ2v) is 3.67. The molecular weight excluding hydrogens is 251 g/mol. The summed E-state index contributed by atoms with van der Waals surface area (Å²) in [4.78, 5) is 14.7. The maximum atomic E-state index is 13.5. The van der Waals surface area contributed by atoms with Crippen LogP contribution in [-0.4, -0.2) is 34.8 Å². The lowest BCUT2D eigenvalue weighted by Gasteiger charge is -2.17. The molecule has 0 radical (unpaired) electrons. The van der Waals surface area contributed by atoms with Crippen LogP contribution < -0.4 is 10.3 Å². The standard InChI is InChI=1S/C9H9FN2O3.CH3Cl/c10-6-3-5-4-14-9-11-7(13)1-2-12(9)8(6)15-5;1-2/h1-2,5-6,8H,3-4H2;1H3. The fourth-order valence-corrected chi connectivity index (χ4v) is 1.92. The van der Waals surface area contributed by atoms with E-state index in [4.69, 9.17) is 9.47 Å². The Balaban J connectivity index is 0.000000514. The summed E-state index contributed by atoms with van der Waals surface area (Å²) in [6.45, 7) is 0.243. The number of ether oxygens (including phenoxy) is 2. The molecule has 3 unspecified atom stereocenters. The lowest BCUT2D eigenvalue weighted by atomic mass is 10.2. The molecule has 0 aliphatic carbocycles. The maximum Gasteiger partial charge on any atom is 0.302 e.